The molecule has 0 aliphatic heterocycles. The van der Waals surface area contributed by atoms with Crippen molar-refractivity contribution in [1.29, 1.82) is 0 Å². The molecule has 2 aromatic carbocycles. The van der Waals surface area contributed by atoms with Crippen LogP contribution in [0.25, 0.3) is 0 Å². The van der Waals surface area contributed by atoms with Crippen molar-refractivity contribution in [1.82, 2.24) is 5.32 Å². The number of benzene rings is 2. The van der Waals surface area contributed by atoms with E-state index in [1.807, 2.05) is 0 Å². The zero-order chi connectivity index (χ0) is 20.0. The number of alkyl halides is 3. The third-order valence-corrected chi connectivity index (χ3v) is 4.20. The zero-order valence-corrected chi connectivity index (χ0v) is 14.8. The quantitative estimate of drug-likeness (QED) is 0.736. The lowest BCUT2D eigenvalue weighted by Gasteiger charge is -2.18. The Morgan fingerprint density at radius 2 is 1.81 bits per heavy atom. The molecule has 144 valence electrons. The predicted molar refractivity (Wildman–Crippen MR) is 94.5 cm³/mol. The second kappa shape index (κ2) is 8.90. The molecule has 0 aliphatic rings. The molecule has 0 saturated carbocycles. The van der Waals surface area contributed by atoms with Crippen LogP contribution >= 0.6 is 11.6 Å². The van der Waals surface area contributed by atoms with Gasteiger partial charge in [0, 0.05) is 11.1 Å². The summed E-state index contributed by atoms with van der Waals surface area (Å²) in [6.45, 7) is 0. The number of carboxylic acid groups (broad SMARTS) is 1. The molecule has 0 radical (unpaired) electrons. The average Bonchev–Trinajstić information content (AvgIpc) is 2.56. The number of hydrogen-bond acceptors (Lipinski definition) is 2. The molecule has 0 bridgehead atoms. The summed E-state index contributed by atoms with van der Waals surface area (Å²) in [6, 6.07) is 10.5. The third-order valence-electron chi connectivity index (χ3n) is 3.83. The summed E-state index contributed by atoms with van der Waals surface area (Å²) in [5, 5.41) is 12.0. The van der Waals surface area contributed by atoms with E-state index in [2.05, 4.69) is 5.32 Å². The maximum atomic E-state index is 12.8. The van der Waals surface area contributed by atoms with Crippen LogP contribution in [0.3, 0.4) is 0 Å². The molecule has 0 aliphatic carbocycles. The van der Waals surface area contributed by atoms with Crippen LogP contribution in [0.1, 0.15) is 23.1 Å². The molecule has 1 unspecified atom stereocenters. The molecule has 2 aromatic rings. The minimum atomic E-state index is -4.49. The van der Waals surface area contributed by atoms with Crippen molar-refractivity contribution in [3.8, 4) is 0 Å². The fourth-order valence-corrected chi connectivity index (χ4v) is 2.84. The van der Waals surface area contributed by atoms with Gasteiger partial charge < -0.3 is 10.4 Å². The molecule has 8 heteroatoms. The van der Waals surface area contributed by atoms with Gasteiger partial charge in [-0.25, -0.2) is 0 Å². The van der Waals surface area contributed by atoms with Crippen molar-refractivity contribution in [2.75, 3.05) is 0 Å². The minimum Gasteiger partial charge on any atom is -0.481 e. The second-order valence-electron chi connectivity index (χ2n) is 6.03. The summed E-state index contributed by atoms with van der Waals surface area (Å²) < 4.78 is 38.5. The molecule has 4 nitrogen and oxygen atoms in total. The zero-order valence-electron chi connectivity index (χ0n) is 14.1. The Balaban J connectivity index is 2.10. The van der Waals surface area contributed by atoms with Gasteiger partial charge in [-0.05, 0) is 29.7 Å². The Labute approximate surface area is 159 Å². The van der Waals surface area contributed by atoms with Crippen LogP contribution in [0.4, 0.5) is 13.2 Å². The van der Waals surface area contributed by atoms with Crippen LogP contribution in [-0.4, -0.2) is 23.0 Å². The van der Waals surface area contributed by atoms with Crippen molar-refractivity contribution in [3.63, 3.8) is 0 Å². The van der Waals surface area contributed by atoms with Crippen molar-refractivity contribution < 1.29 is 27.9 Å². The van der Waals surface area contributed by atoms with Crippen molar-refractivity contribution in [3.05, 3.63) is 70.2 Å². The van der Waals surface area contributed by atoms with Crippen LogP contribution in [0.2, 0.25) is 5.02 Å². The van der Waals surface area contributed by atoms with E-state index < -0.39 is 36.1 Å². The number of carboxylic acids is 1. The van der Waals surface area contributed by atoms with Crippen LogP contribution in [0, 0.1) is 0 Å². The molecule has 1 amide bonds. The van der Waals surface area contributed by atoms with E-state index in [4.69, 9.17) is 16.7 Å². The lowest BCUT2D eigenvalue weighted by atomic mass is 10.0. The van der Waals surface area contributed by atoms with Gasteiger partial charge in [0.1, 0.15) is 0 Å². The van der Waals surface area contributed by atoms with Gasteiger partial charge in [0.15, 0.2) is 0 Å². The summed E-state index contributed by atoms with van der Waals surface area (Å²) in [6.07, 6.45) is -5.00. The summed E-state index contributed by atoms with van der Waals surface area (Å²) in [4.78, 5) is 23.3. The molecular formula is C19H17ClF3NO3. The van der Waals surface area contributed by atoms with Crippen molar-refractivity contribution in [2.45, 2.75) is 31.5 Å². The fourth-order valence-electron chi connectivity index (χ4n) is 2.64. The molecule has 0 spiro atoms. The molecular weight excluding hydrogens is 383 g/mol. The highest BCUT2D eigenvalue weighted by molar-refractivity contribution is 6.31. The molecule has 1 atom stereocenters. The van der Waals surface area contributed by atoms with Crippen LogP contribution in [-0.2, 0) is 28.6 Å². The Morgan fingerprint density at radius 1 is 1.11 bits per heavy atom. The van der Waals surface area contributed by atoms with Gasteiger partial charge in [-0.2, -0.15) is 13.2 Å². The van der Waals surface area contributed by atoms with E-state index in [1.54, 1.807) is 24.3 Å². The summed E-state index contributed by atoms with van der Waals surface area (Å²) in [5.41, 5.74) is 0.0374. The van der Waals surface area contributed by atoms with Gasteiger partial charge >= 0.3 is 12.1 Å². The van der Waals surface area contributed by atoms with E-state index in [9.17, 15) is 22.8 Å². The van der Waals surface area contributed by atoms with Crippen LogP contribution in [0.15, 0.2) is 48.5 Å². The predicted octanol–water partition coefficient (Wildman–Crippen LogP) is 4.10. The Hall–Kier alpha value is -2.54. The highest BCUT2D eigenvalue weighted by atomic mass is 35.5. The molecule has 2 rings (SSSR count). The van der Waals surface area contributed by atoms with Gasteiger partial charge in [0.2, 0.25) is 5.91 Å². The summed E-state index contributed by atoms with van der Waals surface area (Å²) in [5.74, 6) is -1.62. The fraction of sp³-hybridized carbons (Fsp3) is 0.263. The number of nitrogens with one attached hydrogen (secondary N) is 1. The van der Waals surface area contributed by atoms with E-state index in [0.717, 1.165) is 12.1 Å². The molecule has 0 fully saturated rings. The highest BCUT2D eigenvalue weighted by Crippen LogP contribution is 2.29. The van der Waals surface area contributed by atoms with Crippen LogP contribution < -0.4 is 5.32 Å². The number of aliphatic carboxylic acids is 1. The average molecular weight is 400 g/mol. The SMILES string of the molecule is O=C(O)CC(Cc1cccc(C(F)(F)F)c1)NC(=O)Cc1ccccc1Cl. The normalized spacial score (nSPS) is 12.4. The number of amides is 1. The standard InChI is InChI=1S/C19H17ClF3NO3/c20-16-7-2-1-5-13(16)10-17(25)24-15(11-18(26)27)9-12-4-3-6-14(8-12)19(21,22)23/h1-8,15H,9-11H2,(H,24,25)(H,26,27). The Bertz CT molecular complexity index is 824. The van der Waals surface area contributed by atoms with Crippen molar-refractivity contribution in [2.24, 2.45) is 0 Å². The number of rotatable bonds is 7. The van der Waals surface area contributed by atoms with Gasteiger partial charge in [0.25, 0.3) is 0 Å². The van der Waals surface area contributed by atoms with E-state index >= 15 is 0 Å². The topological polar surface area (TPSA) is 66.4 Å². The first-order valence-corrected chi connectivity index (χ1v) is 8.43. The smallest absolute Gasteiger partial charge is 0.416 e. The number of carbonyl (C=O) groups excluding carboxylic acids is 1. The number of carbonyl (C=O) groups is 2. The first-order chi connectivity index (χ1) is 12.6. The molecule has 2 N–H and O–H groups in total. The van der Waals surface area contributed by atoms with Gasteiger partial charge in [0.05, 0.1) is 18.4 Å². The Kier molecular flexibility index (Phi) is 6.85. The third kappa shape index (κ3) is 6.60. The maximum absolute atomic E-state index is 12.8. The highest BCUT2D eigenvalue weighted by Gasteiger charge is 2.30. The number of hydrogen-bond donors (Lipinski definition) is 2. The first kappa shape index (κ1) is 20.8. The van der Waals surface area contributed by atoms with Gasteiger partial charge in [-0.1, -0.05) is 48.0 Å². The van der Waals surface area contributed by atoms with Crippen LogP contribution in [0.5, 0.6) is 0 Å². The molecule has 0 saturated heterocycles. The second-order valence-corrected chi connectivity index (χ2v) is 6.44. The summed E-state index contributed by atoms with van der Waals surface area (Å²) in [7, 11) is 0. The largest absolute Gasteiger partial charge is 0.481 e. The van der Waals surface area contributed by atoms with Gasteiger partial charge in [-0.15, -0.1) is 0 Å². The molecule has 0 heterocycles. The molecule has 27 heavy (non-hydrogen) atoms. The van der Waals surface area contributed by atoms with E-state index in [-0.39, 0.29) is 18.4 Å². The summed E-state index contributed by atoms with van der Waals surface area (Å²) >= 11 is 6.00. The van der Waals surface area contributed by atoms with E-state index in [1.165, 1.54) is 12.1 Å². The van der Waals surface area contributed by atoms with Crippen molar-refractivity contribution >= 4 is 23.5 Å². The number of halogens is 4. The lowest BCUT2D eigenvalue weighted by molar-refractivity contribution is -0.139. The first-order valence-electron chi connectivity index (χ1n) is 8.06. The monoisotopic (exact) mass is 399 g/mol. The Morgan fingerprint density at radius 3 is 2.44 bits per heavy atom. The molecule has 0 aromatic heterocycles. The minimum absolute atomic E-state index is 0.0372. The van der Waals surface area contributed by atoms with Gasteiger partial charge in [-0.3, -0.25) is 9.59 Å². The lowest BCUT2D eigenvalue weighted by Crippen LogP contribution is -2.39. The van der Waals surface area contributed by atoms with E-state index in [0.29, 0.717) is 10.6 Å². The maximum Gasteiger partial charge on any atom is 0.416 e.